The van der Waals surface area contributed by atoms with Gasteiger partial charge in [0.05, 0.1) is 24.0 Å². The molecule has 1 aliphatic rings. The van der Waals surface area contributed by atoms with Crippen molar-refractivity contribution in [3.05, 3.63) is 58.3 Å². The van der Waals surface area contributed by atoms with E-state index in [4.69, 9.17) is 11.6 Å². The highest BCUT2D eigenvalue weighted by Gasteiger charge is 2.32. The van der Waals surface area contributed by atoms with Gasteiger partial charge in [0.2, 0.25) is 0 Å². The summed E-state index contributed by atoms with van der Waals surface area (Å²) in [6.45, 7) is 1.31. The second kappa shape index (κ2) is 7.09. The number of pyridine rings is 1. The summed E-state index contributed by atoms with van der Waals surface area (Å²) in [6, 6.07) is 3.33. The molecule has 0 unspecified atom stereocenters. The van der Waals surface area contributed by atoms with Crippen molar-refractivity contribution >= 4 is 34.8 Å². The van der Waals surface area contributed by atoms with Gasteiger partial charge in [0.15, 0.2) is 5.65 Å². The summed E-state index contributed by atoms with van der Waals surface area (Å²) in [7, 11) is 0. The number of fused-ring (bicyclic) bond motifs is 2. The van der Waals surface area contributed by atoms with Crippen molar-refractivity contribution in [2.75, 3.05) is 4.90 Å². The molecule has 1 aliphatic carbocycles. The molecule has 0 atom stereocenters. The molecule has 0 bridgehead atoms. The van der Waals surface area contributed by atoms with Gasteiger partial charge >= 0.3 is 12.3 Å². The van der Waals surface area contributed by atoms with E-state index in [1.54, 1.807) is 6.20 Å². The second-order valence-electron chi connectivity index (χ2n) is 7.76. The van der Waals surface area contributed by atoms with Gasteiger partial charge in [0.25, 0.3) is 0 Å². The quantitative estimate of drug-likeness (QED) is 0.433. The summed E-state index contributed by atoms with van der Waals surface area (Å²) in [5, 5.41) is 14.3. The normalized spacial score (nSPS) is 14.4. The summed E-state index contributed by atoms with van der Waals surface area (Å²) >= 11 is 6.18. The van der Waals surface area contributed by atoms with Crippen molar-refractivity contribution in [1.82, 2.24) is 24.0 Å². The molecule has 4 aromatic rings. The van der Waals surface area contributed by atoms with Gasteiger partial charge in [-0.15, -0.1) is 0 Å². The number of carboxylic acid groups (broad SMARTS) is 1. The highest BCUT2D eigenvalue weighted by atomic mass is 35.5. The van der Waals surface area contributed by atoms with E-state index in [0.717, 1.165) is 35.4 Å². The fourth-order valence-corrected chi connectivity index (χ4v) is 3.94. The van der Waals surface area contributed by atoms with Crippen molar-refractivity contribution < 1.29 is 23.1 Å². The Kier molecular flexibility index (Phi) is 4.55. The molecule has 0 aliphatic heterocycles. The van der Waals surface area contributed by atoms with Gasteiger partial charge < -0.3 is 9.51 Å². The number of aryl methyl sites for hydroxylation is 1. The highest BCUT2D eigenvalue weighted by Crippen LogP contribution is 2.42. The number of amides is 1. The molecular weight excluding hydrogens is 449 g/mol. The fourth-order valence-electron chi connectivity index (χ4n) is 3.76. The average molecular weight is 465 g/mol. The number of hydrogen-bond donors (Lipinski definition) is 1. The van der Waals surface area contributed by atoms with Crippen LogP contribution >= 0.6 is 11.6 Å². The number of imidazole rings is 1. The van der Waals surface area contributed by atoms with Gasteiger partial charge in [-0.2, -0.15) is 22.8 Å². The largest absolute Gasteiger partial charge is 0.465 e. The molecule has 1 saturated carbocycles. The van der Waals surface area contributed by atoms with E-state index >= 15 is 0 Å². The summed E-state index contributed by atoms with van der Waals surface area (Å²) in [4.78, 5) is 21.6. The third-order valence-corrected chi connectivity index (χ3v) is 5.63. The van der Waals surface area contributed by atoms with E-state index in [9.17, 15) is 23.1 Å². The predicted octanol–water partition coefficient (Wildman–Crippen LogP) is 4.92. The third kappa shape index (κ3) is 3.52. The van der Waals surface area contributed by atoms with Crippen LogP contribution in [0, 0.1) is 6.92 Å². The molecular formula is C20H16ClF3N6O2. The van der Waals surface area contributed by atoms with Crippen molar-refractivity contribution in [2.45, 2.75) is 38.4 Å². The molecule has 8 nitrogen and oxygen atoms in total. The number of alkyl halides is 3. The van der Waals surface area contributed by atoms with Gasteiger partial charge in [-0.05, 0) is 37.8 Å². The maximum atomic E-state index is 13.1. The van der Waals surface area contributed by atoms with Gasteiger partial charge in [-0.25, -0.2) is 14.8 Å². The average Bonchev–Trinajstić information content (AvgIpc) is 3.31. The van der Waals surface area contributed by atoms with Crippen LogP contribution in [0.2, 0.25) is 5.15 Å². The van der Waals surface area contributed by atoms with Gasteiger partial charge in [-0.1, -0.05) is 11.6 Å². The van der Waals surface area contributed by atoms with Crippen LogP contribution in [-0.4, -0.2) is 35.2 Å². The van der Waals surface area contributed by atoms with Crippen LogP contribution in [0.15, 0.2) is 30.6 Å². The van der Waals surface area contributed by atoms with Crippen LogP contribution < -0.4 is 4.90 Å². The summed E-state index contributed by atoms with van der Waals surface area (Å²) in [5.41, 5.74) is 1.24. The molecule has 5 rings (SSSR count). The summed E-state index contributed by atoms with van der Waals surface area (Å²) < 4.78 is 42.3. The molecule has 12 heteroatoms. The number of carbonyl (C=O) groups is 1. The number of hydrogen-bond acceptors (Lipinski definition) is 4. The minimum Gasteiger partial charge on any atom is -0.465 e. The molecule has 0 saturated heterocycles. The van der Waals surface area contributed by atoms with Gasteiger partial charge in [-0.3, -0.25) is 4.90 Å². The van der Waals surface area contributed by atoms with Crippen LogP contribution in [0.25, 0.3) is 11.3 Å². The minimum absolute atomic E-state index is 0.0747. The van der Waals surface area contributed by atoms with Crippen molar-refractivity contribution in [1.29, 1.82) is 0 Å². The first-order valence-electron chi connectivity index (χ1n) is 9.72. The fraction of sp³-hybridized carbons (Fsp3) is 0.300. The summed E-state index contributed by atoms with van der Waals surface area (Å²) in [6.07, 6.45) is -0.611. The van der Waals surface area contributed by atoms with Crippen LogP contribution in [-0.2, 0) is 12.7 Å². The third-order valence-electron chi connectivity index (χ3n) is 5.43. The van der Waals surface area contributed by atoms with E-state index in [-0.39, 0.29) is 28.9 Å². The van der Waals surface area contributed by atoms with E-state index in [1.165, 1.54) is 28.1 Å². The standard InChI is InChI=1S/C20H16ClF3N6O2/c1-10-4-12(20(22,23)24)5-16-26-13(8-28(10)16)9-29(19(31)32)17-6-15(21)27-18-14(11-2-3-11)7-25-30(17)18/h4-8,11H,2-3,9H2,1H3,(H,31,32). The molecule has 166 valence electrons. The molecule has 32 heavy (non-hydrogen) atoms. The zero-order valence-corrected chi connectivity index (χ0v) is 17.4. The Morgan fingerprint density at radius 1 is 1.28 bits per heavy atom. The number of nitrogens with zero attached hydrogens (tertiary/aromatic N) is 6. The molecule has 0 radical (unpaired) electrons. The van der Waals surface area contributed by atoms with Crippen LogP contribution in [0.5, 0.6) is 0 Å². The molecule has 1 N–H and O–H groups in total. The van der Waals surface area contributed by atoms with Crippen molar-refractivity contribution in [2.24, 2.45) is 0 Å². The lowest BCUT2D eigenvalue weighted by molar-refractivity contribution is -0.137. The number of anilines is 1. The Labute approximate surface area is 183 Å². The van der Waals surface area contributed by atoms with E-state index in [1.807, 2.05) is 0 Å². The van der Waals surface area contributed by atoms with E-state index in [0.29, 0.717) is 17.3 Å². The second-order valence-corrected chi connectivity index (χ2v) is 8.15. The maximum absolute atomic E-state index is 13.1. The van der Waals surface area contributed by atoms with Gasteiger partial charge in [0.1, 0.15) is 16.6 Å². The maximum Gasteiger partial charge on any atom is 0.416 e. The lowest BCUT2D eigenvalue weighted by atomic mass is 10.2. The summed E-state index contributed by atoms with van der Waals surface area (Å²) in [5.74, 6) is 0.498. The minimum atomic E-state index is -4.51. The van der Waals surface area contributed by atoms with Crippen LogP contribution in [0.4, 0.5) is 23.8 Å². The first kappa shape index (κ1) is 20.6. The predicted molar refractivity (Wildman–Crippen MR) is 109 cm³/mol. The SMILES string of the molecule is Cc1cc(C(F)(F)F)cc2nc(CN(C(=O)O)c3cc(Cl)nc4c(C5CC5)cnn34)cn12. The monoisotopic (exact) mass is 464 g/mol. The Morgan fingerprint density at radius 3 is 2.69 bits per heavy atom. The van der Waals surface area contributed by atoms with Crippen molar-refractivity contribution in [3.63, 3.8) is 0 Å². The lowest BCUT2D eigenvalue weighted by Crippen LogP contribution is -2.31. The number of halogens is 4. The smallest absolute Gasteiger partial charge is 0.416 e. The molecule has 1 amide bonds. The lowest BCUT2D eigenvalue weighted by Gasteiger charge is -2.19. The first-order chi connectivity index (χ1) is 15.1. The number of aromatic nitrogens is 5. The Morgan fingerprint density at radius 2 is 2.03 bits per heavy atom. The van der Waals surface area contributed by atoms with E-state index in [2.05, 4.69) is 15.1 Å². The Hall–Kier alpha value is -3.34. The van der Waals surface area contributed by atoms with Crippen molar-refractivity contribution in [3.8, 4) is 0 Å². The highest BCUT2D eigenvalue weighted by molar-refractivity contribution is 6.29. The van der Waals surface area contributed by atoms with E-state index < -0.39 is 17.8 Å². The first-order valence-corrected chi connectivity index (χ1v) is 10.1. The zero-order chi connectivity index (χ0) is 22.8. The molecule has 1 fully saturated rings. The zero-order valence-electron chi connectivity index (χ0n) is 16.6. The topological polar surface area (TPSA) is 88.0 Å². The number of rotatable bonds is 4. The Bertz CT molecular complexity index is 1380. The molecule has 4 aromatic heterocycles. The van der Waals surface area contributed by atoms with Gasteiger partial charge in [0, 0.05) is 23.5 Å². The molecule has 0 spiro atoms. The van der Waals surface area contributed by atoms with Crippen LogP contribution in [0.1, 0.15) is 41.3 Å². The van der Waals surface area contributed by atoms with Crippen LogP contribution in [0.3, 0.4) is 0 Å². The molecule has 4 heterocycles. The molecule has 0 aromatic carbocycles. The Balaban J connectivity index is 1.57.